The van der Waals surface area contributed by atoms with E-state index in [2.05, 4.69) is 0 Å². The number of fused-ring (bicyclic) bond motifs is 1. The van der Waals surface area contributed by atoms with Gasteiger partial charge in [0, 0.05) is 13.0 Å². The number of carbonyl (C=O) groups is 3. The number of nitrogens with zero attached hydrogens (tertiary/aromatic N) is 1. The second-order valence-electron chi connectivity index (χ2n) is 7.14. The predicted molar refractivity (Wildman–Crippen MR) is 114 cm³/mol. The number of amides is 1. The molecule has 3 rings (SSSR count). The lowest BCUT2D eigenvalue weighted by atomic mass is 9.96. The molecule has 0 saturated carbocycles. The van der Waals surface area contributed by atoms with Crippen molar-refractivity contribution in [3.8, 4) is 11.1 Å². The molecule has 0 aliphatic rings. The summed E-state index contributed by atoms with van der Waals surface area (Å²) in [5.74, 6) is -2.24. The highest BCUT2D eigenvalue weighted by atomic mass is 16.4. The smallest absolute Gasteiger partial charge is 0.336 e. The fourth-order valence-electron chi connectivity index (χ4n) is 3.46. The van der Waals surface area contributed by atoms with E-state index in [-0.39, 0.29) is 24.4 Å². The van der Waals surface area contributed by atoms with Crippen molar-refractivity contribution in [2.45, 2.75) is 32.9 Å². The number of carboxylic acids is 2. The largest absolute Gasteiger partial charge is 0.480 e. The van der Waals surface area contributed by atoms with E-state index in [1.165, 1.54) is 11.8 Å². The first-order chi connectivity index (χ1) is 14.3. The topological polar surface area (TPSA) is 94.9 Å². The van der Waals surface area contributed by atoms with Gasteiger partial charge >= 0.3 is 11.9 Å². The molecule has 0 bridgehead atoms. The van der Waals surface area contributed by atoms with E-state index in [1.54, 1.807) is 31.2 Å². The number of carboxylic acid groups (broad SMARTS) is 2. The van der Waals surface area contributed by atoms with Gasteiger partial charge in [0.15, 0.2) is 0 Å². The third-order valence-corrected chi connectivity index (χ3v) is 5.17. The summed E-state index contributed by atoms with van der Waals surface area (Å²) in [6.07, 6.45) is 0.234. The molecule has 30 heavy (non-hydrogen) atoms. The lowest BCUT2D eigenvalue weighted by molar-refractivity contribution is -0.149. The number of rotatable bonds is 7. The van der Waals surface area contributed by atoms with Crippen molar-refractivity contribution in [3.63, 3.8) is 0 Å². The first kappa shape index (κ1) is 21.0. The Bertz CT molecular complexity index is 1120. The molecule has 1 atom stereocenters. The number of aromatic carboxylic acids is 1. The van der Waals surface area contributed by atoms with Crippen molar-refractivity contribution in [1.82, 2.24) is 4.90 Å². The van der Waals surface area contributed by atoms with Gasteiger partial charge in [0.25, 0.3) is 0 Å². The highest BCUT2D eigenvalue weighted by molar-refractivity contribution is 5.98. The van der Waals surface area contributed by atoms with Gasteiger partial charge in [-0.15, -0.1) is 0 Å². The molecule has 0 heterocycles. The van der Waals surface area contributed by atoms with E-state index >= 15 is 0 Å². The van der Waals surface area contributed by atoms with Gasteiger partial charge < -0.3 is 15.1 Å². The summed E-state index contributed by atoms with van der Waals surface area (Å²) in [4.78, 5) is 36.5. The van der Waals surface area contributed by atoms with Crippen molar-refractivity contribution in [2.24, 2.45) is 0 Å². The van der Waals surface area contributed by atoms with Crippen molar-refractivity contribution in [3.05, 3.63) is 71.8 Å². The molecule has 0 fully saturated rings. The molecule has 3 aromatic carbocycles. The van der Waals surface area contributed by atoms with E-state index in [0.717, 1.165) is 21.9 Å². The Morgan fingerprint density at radius 2 is 1.60 bits per heavy atom. The zero-order valence-corrected chi connectivity index (χ0v) is 16.8. The van der Waals surface area contributed by atoms with Crippen molar-refractivity contribution >= 4 is 28.6 Å². The SMILES string of the molecule is CCC(=O)N(Cc1ccc2cc(-c3ccccc3C(=O)O)ccc2c1)[C@@H](C)C(=O)O. The van der Waals surface area contributed by atoms with Crippen LogP contribution in [0.4, 0.5) is 0 Å². The minimum Gasteiger partial charge on any atom is -0.480 e. The average Bonchev–Trinajstić information content (AvgIpc) is 2.75. The fraction of sp³-hybridized carbons (Fsp3) is 0.208. The Balaban J connectivity index is 1.95. The van der Waals surface area contributed by atoms with E-state index in [1.807, 2.05) is 36.4 Å². The molecule has 6 heteroatoms. The molecule has 2 N–H and O–H groups in total. The van der Waals surface area contributed by atoms with Gasteiger partial charge in [-0.05, 0) is 52.6 Å². The Morgan fingerprint density at radius 1 is 0.933 bits per heavy atom. The summed E-state index contributed by atoms with van der Waals surface area (Å²) in [6, 6.07) is 17.3. The van der Waals surface area contributed by atoms with Crippen LogP contribution in [-0.2, 0) is 16.1 Å². The van der Waals surface area contributed by atoms with Gasteiger partial charge in [-0.1, -0.05) is 49.4 Å². The number of aliphatic carboxylic acids is 1. The Kier molecular flexibility index (Phi) is 6.16. The Hall–Kier alpha value is -3.67. The number of hydrogen-bond donors (Lipinski definition) is 2. The van der Waals surface area contributed by atoms with Gasteiger partial charge in [0.2, 0.25) is 5.91 Å². The maximum atomic E-state index is 12.2. The van der Waals surface area contributed by atoms with Gasteiger partial charge in [-0.3, -0.25) is 4.79 Å². The first-order valence-corrected chi connectivity index (χ1v) is 9.69. The van der Waals surface area contributed by atoms with Crippen LogP contribution in [0.25, 0.3) is 21.9 Å². The van der Waals surface area contributed by atoms with Crippen LogP contribution >= 0.6 is 0 Å². The van der Waals surface area contributed by atoms with Crippen LogP contribution in [0.5, 0.6) is 0 Å². The molecular weight excluding hydrogens is 382 g/mol. The second-order valence-corrected chi connectivity index (χ2v) is 7.14. The van der Waals surface area contributed by atoms with Gasteiger partial charge in [0.1, 0.15) is 6.04 Å². The Morgan fingerprint density at radius 3 is 2.27 bits per heavy atom. The summed E-state index contributed by atoms with van der Waals surface area (Å²) in [5.41, 5.74) is 2.52. The minimum atomic E-state index is -1.04. The quantitative estimate of drug-likeness (QED) is 0.607. The lowest BCUT2D eigenvalue weighted by Crippen LogP contribution is -2.42. The summed E-state index contributed by atoms with van der Waals surface area (Å²) in [6.45, 7) is 3.42. The zero-order chi connectivity index (χ0) is 21.8. The van der Waals surface area contributed by atoms with Crippen LogP contribution < -0.4 is 0 Å². The molecule has 0 radical (unpaired) electrons. The van der Waals surface area contributed by atoms with Crippen LogP contribution in [0, 0.1) is 0 Å². The highest BCUT2D eigenvalue weighted by Gasteiger charge is 2.24. The van der Waals surface area contributed by atoms with E-state index in [0.29, 0.717) is 5.56 Å². The molecule has 0 aliphatic carbocycles. The molecular formula is C24H23NO5. The lowest BCUT2D eigenvalue weighted by Gasteiger charge is -2.26. The second kappa shape index (κ2) is 8.78. The molecule has 0 spiro atoms. The molecule has 0 saturated heterocycles. The van der Waals surface area contributed by atoms with E-state index in [4.69, 9.17) is 0 Å². The molecule has 0 unspecified atom stereocenters. The van der Waals surface area contributed by atoms with Crippen molar-refractivity contribution in [2.75, 3.05) is 0 Å². The summed E-state index contributed by atoms with van der Waals surface area (Å²) in [5, 5.41) is 20.6. The normalized spacial score (nSPS) is 11.8. The molecule has 0 aliphatic heterocycles. The molecule has 1 amide bonds. The van der Waals surface area contributed by atoms with Crippen molar-refractivity contribution in [1.29, 1.82) is 0 Å². The molecule has 6 nitrogen and oxygen atoms in total. The van der Waals surface area contributed by atoms with Gasteiger partial charge in [-0.25, -0.2) is 9.59 Å². The summed E-state index contributed by atoms with van der Waals surface area (Å²) >= 11 is 0. The number of hydrogen-bond acceptors (Lipinski definition) is 3. The average molecular weight is 405 g/mol. The van der Waals surface area contributed by atoms with Crippen LogP contribution in [-0.4, -0.2) is 39.0 Å². The van der Waals surface area contributed by atoms with E-state index in [9.17, 15) is 24.6 Å². The summed E-state index contributed by atoms with van der Waals surface area (Å²) < 4.78 is 0. The maximum absolute atomic E-state index is 12.2. The van der Waals surface area contributed by atoms with Crippen LogP contribution in [0.2, 0.25) is 0 Å². The van der Waals surface area contributed by atoms with Gasteiger partial charge in [0.05, 0.1) is 5.56 Å². The molecule has 3 aromatic rings. The number of benzene rings is 3. The summed E-state index contributed by atoms with van der Waals surface area (Å²) in [7, 11) is 0. The minimum absolute atomic E-state index is 0.208. The third kappa shape index (κ3) is 4.33. The number of carbonyl (C=O) groups excluding carboxylic acids is 1. The van der Waals surface area contributed by atoms with Crippen LogP contribution in [0.15, 0.2) is 60.7 Å². The maximum Gasteiger partial charge on any atom is 0.336 e. The van der Waals surface area contributed by atoms with Crippen molar-refractivity contribution < 1.29 is 24.6 Å². The molecule has 0 aromatic heterocycles. The fourth-order valence-corrected chi connectivity index (χ4v) is 3.46. The van der Waals surface area contributed by atoms with E-state index < -0.39 is 18.0 Å². The van der Waals surface area contributed by atoms with Crippen LogP contribution in [0.1, 0.15) is 36.2 Å². The monoisotopic (exact) mass is 405 g/mol. The Labute approximate surface area is 174 Å². The predicted octanol–water partition coefficient (Wildman–Crippen LogP) is 4.42. The highest BCUT2D eigenvalue weighted by Crippen LogP contribution is 2.28. The third-order valence-electron chi connectivity index (χ3n) is 5.17. The molecule has 154 valence electrons. The first-order valence-electron chi connectivity index (χ1n) is 9.69. The zero-order valence-electron chi connectivity index (χ0n) is 16.8. The van der Waals surface area contributed by atoms with Gasteiger partial charge in [-0.2, -0.15) is 0 Å². The standard InChI is InChI=1S/C24H23NO5/c1-3-22(26)25(15(2)23(27)28)14-16-8-9-18-13-19(11-10-17(18)12-16)20-6-4-5-7-21(20)24(29)30/h4-13,15H,3,14H2,1-2H3,(H,27,28)(H,29,30)/t15-/m0/s1. The van der Waals surface area contributed by atoms with Crippen LogP contribution in [0.3, 0.4) is 0 Å².